The molecule has 0 fully saturated rings. The minimum absolute atomic E-state index is 0.0117. The number of carbonyl (C=O) groups excluding carboxylic acids is 1. The smallest absolute Gasteiger partial charge is 0.222 e. The highest BCUT2D eigenvalue weighted by Crippen LogP contribution is 2.20. The van der Waals surface area contributed by atoms with Crippen molar-refractivity contribution in [2.24, 2.45) is 0 Å². The van der Waals surface area contributed by atoms with Gasteiger partial charge >= 0.3 is 0 Å². The molecule has 1 aromatic carbocycles. The van der Waals surface area contributed by atoms with Gasteiger partial charge in [-0.05, 0) is 30.3 Å². The summed E-state index contributed by atoms with van der Waals surface area (Å²) in [5, 5.41) is 7.13. The van der Waals surface area contributed by atoms with Gasteiger partial charge < -0.3 is 15.2 Å². The topological polar surface area (TPSA) is 71.8 Å². The van der Waals surface area contributed by atoms with Gasteiger partial charge in [-0.1, -0.05) is 15.9 Å². The van der Waals surface area contributed by atoms with Gasteiger partial charge in [0.15, 0.2) is 0 Å². The Labute approximate surface area is 148 Å². The molecule has 3 rings (SSSR count). The molecule has 0 radical (unpaired) electrons. The van der Waals surface area contributed by atoms with Crippen LogP contribution >= 0.6 is 15.9 Å². The van der Waals surface area contributed by atoms with Crippen LogP contribution in [0.4, 0.5) is 5.95 Å². The van der Waals surface area contributed by atoms with Crippen molar-refractivity contribution in [3.8, 4) is 0 Å². The van der Waals surface area contributed by atoms with Crippen LogP contribution < -0.4 is 10.6 Å². The lowest BCUT2D eigenvalue weighted by molar-refractivity contribution is -0.120. The molecule has 6 nitrogen and oxygen atoms in total. The summed E-state index contributed by atoms with van der Waals surface area (Å²) in [6, 6.07) is 10.0. The number of aromatic nitrogens is 3. The normalized spacial score (nSPS) is 10.7. The zero-order valence-electron chi connectivity index (χ0n) is 13.1. The van der Waals surface area contributed by atoms with Crippen LogP contribution in [0.15, 0.2) is 53.4 Å². The van der Waals surface area contributed by atoms with Crippen molar-refractivity contribution in [2.45, 2.75) is 13.0 Å². The fraction of sp³-hybridized carbons (Fsp3) is 0.235. The Balaban J connectivity index is 1.41. The lowest BCUT2D eigenvalue weighted by Crippen LogP contribution is -2.28. The maximum atomic E-state index is 11.9. The summed E-state index contributed by atoms with van der Waals surface area (Å²) in [5.74, 6) is 0.549. The van der Waals surface area contributed by atoms with Crippen LogP contribution in [-0.4, -0.2) is 33.5 Å². The van der Waals surface area contributed by atoms with E-state index in [1.165, 1.54) is 5.39 Å². The number of benzene rings is 1. The van der Waals surface area contributed by atoms with E-state index in [2.05, 4.69) is 59.3 Å². The summed E-state index contributed by atoms with van der Waals surface area (Å²) in [6.45, 7) is 1.85. The van der Waals surface area contributed by atoms with Crippen LogP contribution in [0.25, 0.3) is 10.9 Å². The highest BCUT2D eigenvalue weighted by atomic mass is 79.9. The second kappa shape index (κ2) is 7.92. The van der Waals surface area contributed by atoms with E-state index in [-0.39, 0.29) is 5.91 Å². The number of hydrogen-bond donors (Lipinski definition) is 2. The average molecular weight is 388 g/mol. The second-order valence-corrected chi connectivity index (χ2v) is 6.23. The molecule has 1 amide bonds. The zero-order valence-corrected chi connectivity index (χ0v) is 14.7. The molecule has 2 aromatic heterocycles. The van der Waals surface area contributed by atoms with Crippen LogP contribution in [0.2, 0.25) is 0 Å². The number of hydrogen-bond acceptors (Lipinski definition) is 4. The fourth-order valence-electron chi connectivity index (χ4n) is 2.45. The Morgan fingerprint density at radius 1 is 1.17 bits per heavy atom. The van der Waals surface area contributed by atoms with Crippen LogP contribution in [0, 0.1) is 0 Å². The molecule has 0 saturated heterocycles. The summed E-state index contributed by atoms with van der Waals surface area (Å²) in [5.41, 5.74) is 1.16. The molecule has 0 unspecified atom stereocenters. The number of halogens is 1. The van der Waals surface area contributed by atoms with E-state index in [9.17, 15) is 4.79 Å². The van der Waals surface area contributed by atoms with Crippen molar-refractivity contribution in [1.82, 2.24) is 19.9 Å². The Hall–Kier alpha value is -2.41. The van der Waals surface area contributed by atoms with E-state index >= 15 is 0 Å². The van der Waals surface area contributed by atoms with Crippen LogP contribution in [-0.2, 0) is 11.3 Å². The summed E-state index contributed by atoms with van der Waals surface area (Å²) in [6.07, 6.45) is 5.75. The van der Waals surface area contributed by atoms with E-state index in [1.807, 2.05) is 12.3 Å². The third-order valence-corrected chi connectivity index (χ3v) is 4.10. The van der Waals surface area contributed by atoms with Crippen LogP contribution in [0.3, 0.4) is 0 Å². The zero-order chi connectivity index (χ0) is 16.8. The van der Waals surface area contributed by atoms with Gasteiger partial charge in [0.1, 0.15) is 0 Å². The number of rotatable bonds is 7. The van der Waals surface area contributed by atoms with Gasteiger partial charge in [0.25, 0.3) is 0 Å². The van der Waals surface area contributed by atoms with Gasteiger partial charge in [0.2, 0.25) is 11.9 Å². The Morgan fingerprint density at radius 3 is 2.83 bits per heavy atom. The monoisotopic (exact) mass is 387 g/mol. The maximum absolute atomic E-state index is 11.9. The van der Waals surface area contributed by atoms with Crippen LogP contribution in [0.5, 0.6) is 0 Å². The summed E-state index contributed by atoms with van der Waals surface area (Å²) in [7, 11) is 0. The van der Waals surface area contributed by atoms with Crippen molar-refractivity contribution in [2.75, 3.05) is 18.4 Å². The molecule has 2 heterocycles. The van der Waals surface area contributed by atoms with Gasteiger partial charge in [-0.15, -0.1) is 0 Å². The SMILES string of the molecule is O=C(CCNc1ncccn1)NCCn1ccc2cc(Br)ccc21. The first kappa shape index (κ1) is 16.4. The van der Waals surface area contributed by atoms with Crippen molar-refractivity contribution >= 4 is 38.7 Å². The standard InChI is InChI=1S/C17H18BrN5O/c18-14-2-3-15-13(12-14)5-10-23(15)11-9-19-16(24)4-8-22-17-20-6-1-7-21-17/h1-3,5-7,10,12H,4,8-9,11H2,(H,19,24)(H,20,21,22). The van der Waals surface area contributed by atoms with Crippen molar-refractivity contribution in [3.05, 3.63) is 53.4 Å². The highest BCUT2D eigenvalue weighted by molar-refractivity contribution is 9.10. The van der Waals surface area contributed by atoms with Gasteiger partial charge in [-0.2, -0.15) is 0 Å². The molecule has 0 aliphatic heterocycles. The third-order valence-electron chi connectivity index (χ3n) is 3.61. The Kier molecular flexibility index (Phi) is 5.43. The lowest BCUT2D eigenvalue weighted by Gasteiger charge is -2.08. The van der Waals surface area contributed by atoms with Gasteiger partial charge in [-0.3, -0.25) is 4.79 Å². The largest absolute Gasteiger partial charge is 0.354 e. The van der Waals surface area contributed by atoms with E-state index in [1.54, 1.807) is 18.5 Å². The third kappa shape index (κ3) is 4.32. The summed E-state index contributed by atoms with van der Waals surface area (Å²) >= 11 is 3.47. The van der Waals surface area contributed by atoms with Gasteiger partial charge in [0.05, 0.1) is 0 Å². The van der Waals surface area contributed by atoms with Gasteiger partial charge in [0, 0.05) is 60.0 Å². The van der Waals surface area contributed by atoms with E-state index in [0.717, 1.165) is 16.5 Å². The van der Waals surface area contributed by atoms with Crippen molar-refractivity contribution < 1.29 is 4.79 Å². The predicted molar refractivity (Wildman–Crippen MR) is 97.8 cm³/mol. The quantitative estimate of drug-likeness (QED) is 0.653. The summed E-state index contributed by atoms with van der Waals surface area (Å²) < 4.78 is 3.20. The Morgan fingerprint density at radius 2 is 2.00 bits per heavy atom. The van der Waals surface area contributed by atoms with Crippen molar-refractivity contribution in [3.63, 3.8) is 0 Å². The molecular formula is C17H18BrN5O. The molecule has 0 saturated carbocycles. The number of amides is 1. The van der Waals surface area contributed by atoms with E-state index < -0.39 is 0 Å². The predicted octanol–water partition coefficient (Wildman–Crippen LogP) is 2.81. The first-order chi connectivity index (χ1) is 11.7. The molecule has 124 valence electrons. The number of nitrogens with zero attached hydrogens (tertiary/aromatic N) is 3. The van der Waals surface area contributed by atoms with Gasteiger partial charge in [-0.25, -0.2) is 9.97 Å². The maximum Gasteiger partial charge on any atom is 0.222 e. The molecule has 7 heteroatoms. The second-order valence-electron chi connectivity index (χ2n) is 5.31. The molecule has 0 spiro atoms. The van der Waals surface area contributed by atoms with Crippen molar-refractivity contribution in [1.29, 1.82) is 0 Å². The number of carbonyl (C=O) groups is 1. The first-order valence-corrected chi connectivity index (χ1v) is 8.54. The van der Waals surface area contributed by atoms with Crippen LogP contribution in [0.1, 0.15) is 6.42 Å². The Bertz CT molecular complexity index is 818. The lowest BCUT2D eigenvalue weighted by atomic mass is 10.2. The minimum atomic E-state index is 0.0117. The van der Waals surface area contributed by atoms with E-state index in [0.29, 0.717) is 25.5 Å². The fourth-order valence-corrected chi connectivity index (χ4v) is 2.83. The summed E-state index contributed by atoms with van der Waals surface area (Å²) in [4.78, 5) is 20.0. The highest BCUT2D eigenvalue weighted by Gasteiger charge is 2.04. The van der Waals surface area contributed by atoms with E-state index in [4.69, 9.17) is 0 Å². The molecular weight excluding hydrogens is 370 g/mol. The number of nitrogens with one attached hydrogen (secondary N) is 2. The molecule has 3 aromatic rings. The molecule has 24 heavy (non-hydrogen) atoms. The average Bonchev–Trinajstić information content (AvgIpc) is 2.98. The number of anilines is 1. The first-order valence-electron chi connectivity index (χ1n) is 7.74. The molecule has 0 aliphatic rings. The molecule has 0 aliphatic carbocycles. The molecule has 2 N–H and O–H groups in total. The number of fused-ring (bicyclic) bond motifs is 1. The molecule has 0 bridgehead atoms. The molecule has 0 atom stereocenters. The minimum Gasteiger partial charge on any atom is -0.354 e.